The van der Waals surface area contributed by atoms with Gasteiger partial charge in [0.25, 0.3) is 5.91 Å². The summed E-state index contributed by atoms with van der Waals surface area (Å²) < 4.78 is 33.4. The summed E-state index contributed by atoms with van der Waals surface area (Å²) in [6.07, 6.45) is 4.09. The molecule has 0 saturated heterocycles. The first kappa shape index (κ1) is 27.5. The van der Waals surface area contributed by atoms with Gasteiger partial charge in [-0.1, -0.05) is 21.3 Å². The summed E-state index contributed by atoms with van der Waals surface area (Å²) in [6, 6.07) is 2.05. The quantitative estimate of drug-likeness (QED) is 0.355. The first-order valence-corrected chi connectivity index (χ1v) is 10.9. The number of alkyl halides is 3. The zero-order chi connectivity index (χ0) is 25.0. The second-order valence-corrected chi connectivity index (χ2v) is 8.61. The number of carbonyl (C=O) groups is 2. The summed E-state index contributed by atoms with van der Waals surface area (Å²) in [5.74, 6) is -2.64. The van der Waals surface area contributed by atoms with E-state index in [9.17, 15) is 18.0 Å². The molecule has 1 amide bonds. The number of fused-ring (bicyclic) bond motifs is 1. The molecule has 35 heavy (non-hydrogen) atoms. The van der Waals surface area contributed by atoms with E-state index < -0.39 is 12.1 Å². The molecule has 4 aromatic heterocycles. The van der Waals surface area contributed by atoms with Gasteiger partial charge < -0.3 is 15.2 Å². The maximum atomic E-state index is 12.4. The third-order valence-corrected chi connectivity index (χ3v) is 5.90. The number of carbonyl (C=O) groups excluding carboxylic acids is 2. The Labute approximate surface area is 203 Å². The van der Waals surface area contributed by atoms with Gasteiger partial charge >= 0.3 is 11.8 Å². The Morgan fingerprint density at radius 2 is 1.83 bits per heavy atom. The molecule has 0 aromatic carbocycles. The largest absolute Gasteiger partial charge is 0.542 e. The summed E-state index contributed by atoms with van der Waals surface area (Å²) in [5, 5.41) is 23.8. The van der Waals surface area contributed by atoms with E-state index in [4.69, 9.17) is 9.90 Å². The Hall–Kier alpha value is -3.74. The molecule has 0 radical (unpaired) electrons. The van der Waals surface area contributed by atoms with Crippen LogP contribution >= 0.6 is 11.3 Å². The smallest absolute Gasteiger partial charge is 0.430 e. The predicted molar refractivity (Wildman–Crippen MR) is 122 cm³/mol. The van der Waals surface area contributed by atoms with E-state index in [0.29, 0.717) is 10.8 Å². The van der Waals surface area contributed by atoms with Crippen LogP contribution in [0, 0.1) is 5.92 Å². The van der Waals surface area contributed by atoms with Crippen LogP contribution in [0.15, 0.2) is 42.4 Å². The van der Waals surface area contributed by atoms with Crippen molar-refractivity contribution in [2.24, 2.45) is 5.92 Å². The number of nitrogens with one attached hydrogen (secondary N) is 3. The van der Waals surface area contributed by atoms with Crippen LogP contribution in [-0.4, -0.2) is 44.4 Å². The van der Waals surface area contributed by atoms with Crippen LogP contribution in [0.2, 0.25) is 0 Å². The minimum Gasteiger partial charge on any atom is -0.542 e. The fourth-order valence-electron chi connectivity index (χ4n) is 2.73. The molecule has 4 heterocycles. The molecule has 0 fully saturated rings. The van der Waals surface area contributed by atoms with Crippen molar-refractivity contribution in [2.75, 3.05) is 0 Å². The monoisotopic (exact) mass is 510 g/mol. The molecule has 0 bridgehead atoms. The topological polar surface area (TPSA) is 131 Å². The third kappa shape index (κ3) is 6.66. The minimum atomic E-state index is -5.19. The van der Waals surface area contributed by atoms with Crippen molar-refractivity contribution in [1.82, 2.24) is 25.6 Å². The number of rotatable bonds is 5. The minimum absolute atomic E-state index is 0. The third-order valence-electron chi connectivity index (χ3n) is 4.97. The Kier molecular flexibility index (Phi) is 8.74. The van der Waals surface area contributed by atoms with Crippen molar-refractivity contribution in [3.8, 4) is 22.3 Å². The van der Waals surface area contributed by atoms with Crippen molar-refractivity contribution < 1.29 is 32.4 Å². The number of thiophene rings is 1. The number of halogens is 3. The number of hydrogen-bond donors (Lipinski definition) is 3. The van der Waals surface area contributed by atoms with Gasteiger partial charge in [-0.15, -0.1) is 15.9 Å². The predicted octanol–water partition coefficient (Wildman–Crippen LogP) is 2.98. The van der Waals surface area contributed by atoms with E-state index >= 15 is 0 Å². The summed E-state index contributed by atoms with van der Waals surface area (Å²) in [4.78, 5) is 26.5. The maximum absolute atomic E-state index is 12.4. The van der Waals surface area contributed by atoms with Gasteiger partial charge in [-0.2, -0.15) is 18.3 Å². The van der Waals surface area contributed by atoms with Crippen molar-refractivity contribution >= 4 is 28.9 Å². The average Bonchev–Trinajstić information content (AvgIpc) is 3.52. The van der Waals surface area contributed by atoms with Crippen molar-refractivity contribution in [3.63, 3.8) is 0 Å². The molecule has 0 aliphatic rings. The molecule has 4 rings (SSSR count). The zero-order valence-corrected chi connectivity index (χ0v) is 19.1. The standard InChI is InChI=1S/C19H20N6OS.C2HF3O2.CH4/c1-11(2)12(3)24-19(26)17-4-13(10-27-17)16-8-23-25-9-15(5-20-18(16)25)14-6-21-22-7-14;3-2(4,5)1(6)7;/h4-12H,1-3H3,(H2,21,22,24,26);(H,6,7);1H4. The Morgan fingerprint density at radius 1 is 1.14 bits per heavy atom. The number of aromatic nitrogens is 5. The van der Waals surface area contributed by atoms with Gasteiger partial charge in [-0.3, -0.25) is 9.89 Å². The van der Waals surface area contributed by atoms with Crippen molar-refractivity contribution in [2.45, 2.75) is 40.4 Å². The molecule has 188 valence electrons. The number of amides is 1. The van der Waals surface area contributed by atoms with Gasteiger partial charge in [0.05, 0.1) is 28.4 Å². The van der Waals surface area contributed by atoms with Crippen LogP contribution < -0.4 is 14.9 Å². The molecule has 9 nitrogen and oxygen atoms in total. The normalized spacial score (nSPS) is 12.0. The van der Waals surface area contributed by atoms with Gasteiger partial charge in [0.15, 0.2) is 6.20 Å². The number of aromatic amines is 2. The van der Waals surface area contributed by atoms with Crippen LogP contribution in [0.1, 0.15) is 37.9 Å². The number of carboxylic acids is 1. The van der Waals surface area contributed by atoms with Crippen LogP contribution in [0.3, 0.4) is 0 Å². The zero-order valence-electron chi connectivity index (χ0n) is 18.3. The first-order chi connectivity index (χ1) is 16.0. The highest BCUT2D eigenvalue weighted by atomic mass is 32.1. The van der Waals surface area contributed by atoms with Crippen LogP contribution in [0.4, 0.5) is 13.2 Å². The fraction of sp³-hybridized carbons (Fsp3) is 0.318. The molecule has 4 aromatic rings. The second kappa shape index (κ2) is 11.1. The van der Waals surface area contributed by atoms with E-state index in [1.807, 2.05) is 47.7 Å². The highest BCUT2D eigenvalue weighted by molar-refractivity contribution is 7.12. The molecular formula is C22H25F3N6O3S. The lowest BCUT2D eigenvalue weighted by Crippen LogP contribution is -2.37. The number of H-pyrrole nitrogens is 2. The highest BCUT2D eigenvalue weighted by Gasteiger charge is 2.28. The molecule has 0 saturated carbocycles. The molecule has 1 atom stereocenters. The van der Waals surface area contributed by atoms with Crippen LogP contribution in [-0.2, 0) is 4.79 Å². The van der Waals surface area contributed by atoms with Gasteiger partial charge in [0, 0.05) is 23.4 Å². The second-order valence-electron chi connectivity index (χ2n) is 7.70. The number of aliphatic carboxylic acids is 1. The Morgan fingerprint density at radius 3 is 2.40 bits per heavy atom. The molecule has 0 spiro atoms. The number of nitrogens with zero attached hydrogens (tertiary/aromatic N) is 3. The summed E-state index contributed by atoms with van der Waals surface area (Å²) in [6.45, 7) is 6.21. The van der Waals surface area contributed by atoms with E-state index in [2.05, 4.69) is 39.4 Å². The van der Waals surface area contributed by atoms with Gasteiger partial charge in [0.1, 0.15) is 12.2 Å². The van der Waals surface area contributed by atoms with Gasteiger partial charge in [-0.25, -0.2) is 5.10 Å². The molecule has 0 aliphatic carbocycles. The van der Waals surface area contributed by atoms with Crippen molar-refractivity contribution in [3.05, 3.63) is 47.3 Å². The van der Waals surface area contributed by atoms with E-state index in [1.165, 1.54) is 11.3 Å². The molecule has 13 heteroatoms. The molecule has 3 N–H and O–H groups in total. The molecule has 1 unspecified atom stereocenters. The molecule has 0 aliphatic heterocycles. The number of hydrogen-bond acceptors (Lipinski definition) is 6. The lowest BCUT2D eigenvalue weighted by molar-refractivity contribution is -0.578. The van der Waals surface area contributed by atoms with Crippen LogP contribution in [0.5, 0.6) is 0 Å². The highest BCUT2D eigenvalue weighted by Crippen LogP contribution is 2.27. The van der Waals surface area contributed by atoms with Gasteiger partial charge in [-0.05, 0) is 29.3 Å². The van der Waals surface area contributed by atoms with E-state index in [-0.39, 0.29) is 19.4 Å². The summed E-state index contributed by atoms with van der Waals surface area (Å²) in [7, 11) is 0. The lowest BCUT2D eigenvalue weighted by Gasteiger charge is -2.16. The van der Waals surface area contributed by atoms with Crippen molar-refractivity contribution in [1.29, 1.82) is 0 Å². The van der Waals surface area contributed by atoms with Crippen LogP contribution in [0.25, 0.3) is 27.9 Å². The summed E-state index contributed by atoms with van der Waals surface area (Å²) >= 11 is 1.44. The maximum Gasteiger partial charge on any atom is 0.430 e. The average molecular weight is 511 g/mol. The lowest BCUT2D eigenvalue weighted by atomic mass is 10.1. The van der Waals surface area contributed by atoms with E-state index in [1.54, 1.807) is 6.20 Å². The van der Waals surface area contributed by atoms with Gasteiger partial charge in [0.2, 0.25) is 0 Å². The Bertz CT molecular complexity index is 1280. The Balaban J connectivity index is 0.000000476. The SMILES string of the molecule is C.CC(C)C(C)NC(=O)c1cc(-c2c[nH][n+]3cc(-c4cn[nH]c4)cnc23)cs1.O=C([O-])C(F)(F)F. The fourth-order valence-corrected chi connectivity index (χ4v) is 3.54. The van der Waals surface area contributed by atoms with E-state index in [0.717, 1.165) is 27.9 Å². The first-order valence-electron chi connectivity index (χ1n) is 10.0. The molecular weight excluding hydrogens is 485 g/mol. The summed E-state index contributed by atoms with van der Waals surface area (Å²) in [5.41, 5.74) is 4.68. The number of carboxylic acid groups (broad SMARTS) is 1.